The molecule has 6 heteroatoms. The van der Waals surface area contributed by atoms with Crippen molar-refractivity contribution < 1.29 is 9.59 Å². The molecular formula is C25H22ClN3O2. The molecule has 0 unspecified atom stereocenters. The van der Waals surface area contributed by atoms with Gasteiger partial charge in [-0.1, -0.05) is 71.8 Å². The molecule has 4 rings (SSSR count). The quantitative estimate of drug-likeness (QED) is 0.629. The van der Waals surface area contributed by atoms with Gasteiger partial charge in [-0.2, -0.15) is 0 Å². The van der Waals surface area contributed by atoms with Crippen LogP contribution in [0.1, 0.15) is 23.1 Å². The molecule has 1 aliphatic heterocycles. The van der Waals surface area contributed by atoms with Gasteiger partial charge in [-0.3, -0.25) is 14.6 Å². The number of fused-ring (bicyclic) bond motifs is 1. The topological polar surface area (TPSA) is 61.8 Å². The lowest BCUT2D eigenvalue weighted by Crippen LogP contribution is -2.41. The van der Waals surface area contributed by atoms with Crippen LogP contribution in [-0.2, 0) is 16.1 Å². The van der Waals surface area contributed by atoms with Crippen LogP contribution in [0.4, 0.5) is 11.4 Å². The van der Waals surface area contributed by atoms with Crippen molar-refractivity contribution in [1.29, 1.82) is 0 Å². The number of benzene rings is 3. The van der Waals surface area contributed by atoms with Crippen LogP contribution in [-0.4, -0.2) is 24.1 Å². The zero-order chi connectivity index (χ0) is 21.8. The summed E-state index contributed by atoms with van der Waals surface area (Å²) in [5.41, 5.74) is 4.85. The van der Waals surface area contributed by atoms with Crippen molar-refractivity contribution in [2.45, 2.75) is 19.9 Å². The Morgan fingerprint density at radius 2 is 1.74 bits per heavy atom. The molecule has 3 aromatic carbocycles. The van der Waals surface area contributed by atoms with Gasteiger partial charge in [0.25, 0.3) is 0 Å². The SMILES string of the molecule is Cc1ccc(C2=Nc3ccccc3N(CC(=O)NCc3ccccc3Cl)C(=O)C2)cc1. The molecule has 0 saturated carbocycles. The summed E-state index contributed by atoms with van der Waals surface area (Å²) in [6, 6.07) is 22.7. The Labute approximate surface area is 186 Å². The minimum atomic E-state index is -0.262. The third-order valence-electron chi connectivity index (χ3n) is 5.17. The largest absolute Gasteiger partial charge is 0.350 e. The molecule has 156 valence electrons. The molecule has 3 aromatic rings. The molecule has 0 spiro atoms. The van der Waals surface area contributed by atoms with E-state index in [0.29, 0.717) is 28.7 Å². The first-order valence-electron chi connectivity index (χ1n) is 10.1. The molecule has 1 N–H and O–H groups in total. The highest BCUT2D eigenvalue weighted by Crippen LogP contribution is 2.32. The van der Waals surface area contributed by atoms with Crippen LogP contribution in [0.25, 0.3) is 0 Å². The van der Waals surface area contributed by atoms with E-state index in [4.69, 9.17) is 16.6 Å². The molecule has 0 saturated heterocycles. The third kappa shape index (κ3) is 4.84. The van der Waals surface area contributed by atoms with E-state index in [1.165, 1.54) is 4.90 Å². The zero-order valence-electron chi connectivity index (χ0n) is 17.1. The van der Waals surface area contributed by atoms with Crippen LogP contribution >= 0.6 is 11.6 Å². The second-order valence-corrected chi connectivity index (χ2v) is 7.85. The number of nitrogens with zero attached hydrogens (tertiary/aromatic N) is 2. The molecule has 5 nitrogen and oxygen atoms in total. The van der Waals surface area contributed by atoms with E-state index in [9.17, 15) is 9.59 Å². The van der Waals surface area contributed by atoms with E-state index >= 15 is 0 Å². The van der Waals surface area contributed by atoms with Crippen molar-refractivity contribution in [3.8, 4) is 0 Å². The second kappa shape index (κ2) is 9.14. The van der Waals surface area contributed by atoms with Crippen LogP contribution in [0.3, 0.4) is 0 Å². The Morgan fingerprint density at radius 3 is 2.52 bits per heavy atom. The third-order valence-corrected chi connectivity index (χ3v) is 5.54. The summed E-state index contributed by atoms with van der Waals surface area (Å²) in [5.74, 6) is -0.431. The maximum Gasteiger partial charge on any atom is 0.240 e. The van der Waals surface area contributed by atoms with Gasteiger partial charge in [0, 0.05) is 11.6 Å². The van der Waals surface area contributed by atoms with E-state index < -0.39 is 0 Å². The fourth-order valence-corrected chi connectivity index (χ4v) is 3.67. The predicted octanol–water partition coefficient (Wildman–Crippen LogP) is 4.82. The Balaban J connectivity index is 1.54. The fourth-order valence-electron chi connectivity index (χ4n) is 3.47. The van der Waals surface area contributed by atoms with Gasteiger partial charge in [-0.05, 0) is 36.2 Å². The molecule has 2 amide bonds. The molecule has 31 heavy (non-hydrogen) atoms. The number of carbonyl (C=O) groups is 2. The van der Waals surface area contributed by atoms with Gasteiger partial charge in [0.05, 0.1) is 23.5 Å². The van der Waals surface area contributed by atoms with Crippen molar-refractivity contribution in [1.82, 2.24) is 5.32 Å². The summed E-state index contributed by atoms with van der Waals surface area (Å²) in [6.45, 7) is 2.23. The maximum atomic E-state index is 13.1. The van der Waals surface area contributed by atoms with Crippen molar-refractivity contribution in [3.63, 3.8) is 0 Å². The van der Waals surface area contributed by atoms with Gasteiger partial charge < -0.3 is 10.2 Å². The van der Waals surface area contributed by atoms with Gasteiger partial charge in [0.1, 0.15) is 6.54 Å². The number of aryl methyl sites for hydroxylation is 1. The van der Waals surface area contributed by atoms with Crippen LogP contribution < -0.4 is 10.2 Å². The number of para-hydroxylation sites is 2. The minimum Gasteiger partial charge on any atom is -0.350 e. The summed E-state index contributed by atoms with van der Waals surface area (Å²) in [5, 5.41) is 3.45. The number of anilines is 1. The number of halogens is 1. The van der Waals surface area contributed by atoms with Gasteiger partial charge in [-0.15, -0.1) is 0 Å². The molecule has 0 radical (unpaired) electrons. The average molecular weight is 432 g/mol. The smallest absolute Gasteiger partial charge is 0.240 e. The lowest BCUT2D eigenvalue weighted by Gasteiger charge is -2.22. The van der Waals surface area contributed by atoms with Gasteiger partial charge in [0.15, 0.2) is 0 Å². The molecule has 0 atom stereocenters. The summed E-state index contributed by atoms with van der Waals surface area (Å²) >= 11 is 6.16. The van der Waals surface area contributed by atoms with Crippen molar-refractivity contribution in [3.05, 3.63) is 94.5 Å². The molecule has 0 fully saturated rings. The number of amides is 2. The van der Waals surface area contributed by atoms with Crippen molar-refractivity contribution >= 4 is 40.5 Å². The molecule has 1 heterocycles. The van der Waals surface area contributed by atoms with Crippen molar-refractivity contribution in [2.75, 3.05) is 11.4 Å². The fraction of sp³-hybridized carbons (Fsp3) is 0.160. The van der Waals surface area contributed by atoms with E-state index in [1.807, 2.05) is 73.7 Å². The second-order valence-electron chi connectivity index (χ2n) is 7.44. The lowest BCUT2D eigenvalue weighted by atomic mass is 10.1. The normalized spacial score (nSPS) is 13.3. The van der Waals surface area contributed by atoms with E-state index in [-0.39, 0.29) is 24.8 Å². The average Bonchev–Trinajstić information content (AvgIpc) is 2.90. The Hall–Kier alpha value is -3.44. The maximum absolute atomic E-state index is 13.1. The van der Waals surface area contributed by atoms with Gasteiger partial charge in [0.2, 0.25) is 11.8 Å². The van der Waals surface area contributed by atoms with Crippen LogP contribution in [0.2, 0.25) is 5.02 Å². The molecular weight excluding hydrogens is 410 g/mol. The van der Waals surface area contributed by atoms with E-state index in [0.717, 1.165) is 16.7 Å². The minimum absolute atomic E-state index is 0.0863. The summed E-state index contributed by atoms with van der Waals surface area (Å²) in [6.07, 6.45) is 0.121. The molecule has 0 bridgehead atoms. The number of carbonyl (C=O) groups excluding carboxylic acids is 2. The number of hydrogen-bond donors (Lipinski definition) is 1. The van der Waals surface area contributed by atoms with Gasteiger partial charge >= 0.3 is 0 Å². The van der Waals surface area contributed by atoms with Crippen LogP contribution in [0.5, 0.6) is 0 Å². The first-order valence-corrected chi connectivity index (χ1v) is 10.4. The number of aliphatic imine (C=N–C) groups is 1. The summed E-state index contributed by atoms with van der Waals surface area (Å²) < 4.78 is 0. The highest BCUT2D eigenvalue weighted by Gasteiger charge is 2.26. The van der Waals surface area contributed by atoms with Crippen molar-refractivity contribution in [2.24, 2.45) is 4.99 Å². The lowest BCUT2D eigenvalue weighted by molar-refractivity contribution is -0.123. The predicted molar refractivity (Wildman–Crippen MR) is 124 cm³/mol. The highest BCUT2D eigenvalue weighted by molar-refractivity contribution is 6.31. The highest BCUT2D eigenvalue weighted by atomic mass is 35.5. The standard InChI is InChI=1S/C25H22ClN3O2/c1-17-10-12-18(13-11-17)22-14-25(31)29(23-9-5-4-8-21(23)28-22)16-24(30)27-15-19-6-2-3-7-20(19)26/h2-13H,14-16H2,1H3,(H,27,30). The Bertz CT molecular complexity index is 1160. The zero-order valence-corrected chi connectivity index (χ0v) is 17.9. The molecule has 0 aromatic heterocycles. The monoisotopic (exact) mass is 431 g/mol. The van der Waals surface area contributed by atoms with E-state index in [2.05, 4.69) is 5.32 Å². The van der Waals surface area contributed by atoms with Crippen LogP contribution in [0, 0.1) is 6.92 Å². The number of hydrogen-bond acceptors (Lipinski definition) is 3. The summed E-state index contributed by atoms with van der Waals surface area (Å²) in [7, 11) is 0. The summed E-state index contributed by atoms with van der Waals surface area (Å²) in [4.78, 5) is 32.1. The van der Waals surface area contributed by atoms with Crippen LogP contribution in [0.15, 0.2) is 77.8 Å². The first kappa shape index (κ1) is 20.8. The Morgan fingerprint density at radius 1 is 1.03 bits per heavy atom. The van der Waals surface area contributed by atoms with Gasteiger partial charge in [-0.25, -0.2) is 0 Å². The molecule has 1 aliphatic rings. The number of nitrogens with one attached hydrogen (secondary N) is 1. The Kier molecular flexibility index (Phi) is 6.14. The number of rotatable bonds is 5. The molecule has 0 aliphatic carbocycles. The first-order chi connectivity index (χ1) is 15.0. The van der Waals surface area contributed by atoms with E-state index in [1.54, 1.807) is 6.07 Å².